The summed E-state index contributed by atoms with van der Waals surface area (Å²) in [5.41, 5.74) is 0.871. The van der Waals surface area contributed by atoms with E-state index in [1.807, 2.05) is 24.3 Å². The van der Waals surface area contributed by atoms with Crippen LogP contribution in [-0.4, -0.2) is 0 Å². The maximum atomic E-state index is 6.02. The van der Waals surface area contributed by atoms with Crippen molar-refractivity contribution in [2.45, 2.75) is 19.8 Å². The molecule has 1 heterocycles. The number of rotatable bonds is 1. The van der Waals surface area contributed by atoms with Crippen LogP contribution < -0.4 is 0 Å². The molecule has 1 aromatic heterocycles. The molecule has 0 bridgehead atoms. The summed E-state index contributed by atoms with van der Waals surface area (Å²) in [5.74, 6) is 1.39. The molecule has 0 amide bonds. The van der Waals surface area contributed by atoms with E-state index >= 15 is 0 Å². The third-order valence-electron chi connectivity index (χ3n) is 2.10. The fraction of sp³-hybridized carbons (Fsp3) is 0.273. The van der Waals surface area contributed by atoms with Crippen LogP contribution in [-0.2, 0) is 0 Å². The molecule has 2 rings (SSSR count). The highest BCUT2D eigenvalue weighted by Gasteiger charge is 2.08. The number of halogens is 1. The lowest BCUT2D eigenvalue weighted by molar-refractivity contribution is 0.522. The number of hydrogen-bond donors (Lipinski definition) is 0. The van der Waals surface area contributed by atoms with Gasteiger partial charge in [-0.1, -0.05) is 31.5 Å². The van der Waals surface area contributed by atoms with E-state index < -0.39 is 0 Å². The smallest absolute Gasteiger partial charge is 0.135 e. The van der Waals surface area contributed by atoms with E-state index in [0.717, 1.165) is 21.8 Å². The highest BCUT2D eigenvalue weighted by atomic mass is 35.5. The monoisotopic (exact) mass is 194 g/mol. The van der Waals surface area contributed by atoms with Crippen LogP contribution in [0.25, 0.3) is 11.0 Å². The van der Waals surface area contributed by atoms with E-state index in [0.29, 0.717) is 5.92 Å². The van der Waals surface area contributed by atoms with Crippen LogP contribution in [0.1, 0.15) is 25.5 Å². The molecule has 0 fully saturated rings. The lowest BCUT2D eigenvalue weighted by atomic mass is 10.1. The van der Waals surface area contributed by atoms with Gasteiger partial charge in [0.1, 0.15) is 11.3 Å². The Bertz CT molecular complexity index is 429. The summed E-state index contributed by atoms with van der Waals surface area (Å²) >= 11 is 6.02. The van der Waals surface area contributed by atoms with Crippen LogP contribution in [0.15, 0.2) is 28.7 Å². The average Bonchev–Trinajstić information content (AvgIpc) is 2.49. The standard InChI is InChI=1S/C11H11ClO/c1-7(2)11-6-8-9(12)4-3-5-10(8)13-11/h3-7H,1-2H3. The first-order chi connectivity index (χ1) is 6.18. The van der Waals surface area contributed by atoms with E-state index in [4.69, 9.17) is 16.0 Å². The maximum Gasteiger partial charge on any atom is 0.135 e. The Morgan fingerprint density at radius 2 is 2.08 bits per heavy atom. The summed E-state index contributed by atoms with van der Waals surface area (Å²) in [4.78, 5) is 0. The minimum atomic E-state index is 0.406. The van der Waals surface area contributed by atoms with E-state index in [-0.39, 0.29) is 0 Å². The van der Waals surface area contributed by atoms with Gasteiger partial charge in [-0.2, -0.15) is 0 Å². The predicted molar refractivity (Wildman–Crippen MR) is 55.3 cm³/mol. The van der Waals surface area contributed by atoms with Crippen molar-refractivity contribution in [3.05, 3.63) is 35.0 Å². The van der Waals surface area contributed by atoms with Crippen LogP contribution in [0.3, 0.4) is 0 Å². The topological polar surface area (TPSA) is 13.1 Å². The third-order valence-corrected chi connectivity index (χ3v) is 2.43. The molecule has 0 aliphatic carbocycles. The molecule has 13 heavy (non-hydrogen) atoms. The van der Waals surface area contributed by atoms with Gasteiger partial charge in [0.25, 0.3) is 0 Å². The summed E-state index contributed by atoms with van der Waals surface area (Å²) < 4.78 is 5.63. The van der Waals surface area contributed by atoms with Crippen LogP contribution >= 0.6 is 11.6 Å². The normalized spacial score (nSPS) is 11.4. The number of furan rings is 1. The first kappa shape index (κ1) is 8.64. The van der Waals surface area contributed by atoms with Crippen molar-refractivity contribution in [3.8, 4) is 0 Å². The van der Waals surface area contributed by atoms with Crippen molar-refractivity contribution in [2.24, 2.45) is 0 Å². The molecule has 0 aliphatic rings. The van der Waals surface area contributed by atoms with Gasteiger partial charge in [0.15, 0.2) is 0 Å². The molecule has 0 unspecified atom stereocenters. The lowest BCUT2D eigenvalue weighted by Crippen LogP contribution is -1.79. The van der Waals surface area contributed by atoms with Crippen molar-refractivity contribution in [2.75, 3.05) is 0 Å². The molecule has 0 atom stereocenters. The number of fused-ring (bicyclic) bond motifs is 1. The van der Waals surface area contributed by atoms with Gasteiger partial charge in [0.05, 0.1) is 5.02 Å². The molecule has 0 N–H and O–H groups in total. The molecule has 68 valence electrons. The largest absolute Gasteiger partial charge is 0.461 e. The third kappa shape index (κ3) is 1.44. The second-order valence-electron chi connectivity index (χ2n) is 3.46. The maximum absolute atomic E-state index is 6.02. The van der Waals surface area contributed by atoms with Crippen molar-refractivity contribution < 1.29 is 4.42 Å². The second-order valence-corrected chi connectivity index (χ2v) is 3.86. The molecule has 0 saturated carbocycles. The van der Waals surface area contributed by atoms with Gasteiger partial charge in [-0.25, -0.2) is 0 Å². The number of hydrogen-bond acceptors (Lipinski definition) is 1. The quantitative estimate of drug-likeness (QED) is 0.663. The van der Waals surface area contributed by atoms with Crippen molar-refractivity contribution >= 4 is 22.6 Å². The number of benzene rings is 1. The Kier molecular flexibility index (Phi) is 2.04. The first-order valence-electron chi connectivity index (χ1n) is 4.36. The van der Waals surface area contributed by atoms with Gasteiger partial charge in [-0.15, -0.1) is 0 Å². The zero-order valence-electron chi connectivity index (χ0n) is 7.67. The van der Waals surface area contributed by atoms with E-state index in [9.17, 15) is 0 Å². The van der Waals surface area contributed by atoms with E-state index in [1.54, 1.807) is 0 Å². The molecule has 0 saturated heterocycles. The molecule has 2 aromatic rings. The van der Waals surface area contributed by atoms with Crippen LogP contribution in [0, 0.1) is 0 Å². The summed E-state index contributed by atoms with van der Waals surface area (Å²) in [6.07, 6.45) is 0. The summed E-state index contributed by atoms with van der Waals surface area (Å²) in [6, 6.07) is 7.73. The summed E-state index contributed by atoms with van der Waals surface area (Å²) in [5, 5.41) is 1.76. The van der Waals surface area contributed by atoms with Crippen LogP contribution in [0.2, 0.25) is 5.02 Å². The lowest BCUT2D eigenvalue weighted by Gasteiger charge is -1.95. The predicted octanol–water partition coefficient (Wildman–Crippen LogP) is 4.21. The van der Waals surface area contributed by atoms with Gasteiger partial charge in [0.2, 0.25) is 0 Å². The molecule has 2 heteroatoms. The van der Waals surface area contributed by atoms with Crippen molar-refractivity contribution in [3.63, 3.8) is 0 Å². The summed E-state index contributed by atoms with van der Waals surface area (Å²) in [7, 11) is 0. The molecule has 0 radical (unpaired) electrons. The molecule has 0 aliphatic heterocycles. The SMILES string of the molecule is CC(C)c1cc2c(Cl)cccc2o1. The fourth-order valence-corrected chi connectivity index (χ4v) is 1.55. The van der Waals surface area contributed by atoms with Gasteiger partial charge in [-0.05, 0) is 18.2 Å². The van der Waals surface area contributed by atoms with E-state index in [1.165, 1.54) is 0 Å². The Balaban J connectivity index is 2.68. The van der Waals surface area contributed by atoms with Gasteiger partial charge in [0, 0.05) is 11.3 Å². The minimum absolute atomic E-state index is 0.406. The first-order valence-corrected chi connectivity index (χ1v) is 4.74. The van der Waals surface area contributed by atoms with E-state index in [2.05, 4.69) is 13.8 Å². The Morgan fingerprint density at radius 1 is 1.31 bits per heavy atom. The highest BCUT2D eigenvalue weighted by molar-refractivity contribution is 6.35. The fourth-order valence-electron chi connectivity index (χ4n) is 1.33. The van der Waals surface area contributed by atoms with Gasteiger partial charge < -0.3 is 4.42 Å². The van der Waals surface area contributed by atoms with Crippen molar-refractivity contribution in [1.29, 1.82) is 0 Å². The molecule has 0 spiro atoms. The van der Waals surface area contributed by atoms with Gasteiger partial charge in [-0.3, -0.25) is 0 Å². The molecule has 1 nitrogen and oxygen atoms in total. The van der Waals surface area contributed by atoms with Crippen LogP contribution in [0.5, 0.6) is 0 Å². The van der Waals surface area contributed by atoms with Gasteiger partial charge >= 0.3 is 0 Å². The molecular formula is C11H11ClO. The van der Waals surface area contributed by atoms with Crippen LogP contribution in [0.4, 0.5) is 0 Å². The zero-order chi connectivity index (χ0) is 9.42. The minimum Gasteiger partial charge on any atom is -0.461 e. The Morgan fingerprint density at radius 3 is 2.69 bits per heavy atom. The molecular weight excluding hydrogens is 184 g/mol. The second kappa shape index (κ2) is 3.08. The molecule has 1 aromatic carbocycles. The summed E-state index contributed by atoms with van der Waals surface area (Å²) in [6.45, 7) is 4.21. The van der Waals surface area contributed by atoms with Crippen molar-refractivity contribution in [1.82, 2.24) is 0 Å². The zero-order valence-corrected chi connectivity index (χ0v) is 8.43. The Hall–Kier alpha value is -0.950. The highest BCUT2D eigenvalue weighted by Crippen LogP contribution is 2.29. The Labute approximate surface area is 82.3 Å². The average molecular weight is 195 g/mol.